The van der Waals surface area contributed by atoms with Crippen LogP contribution in [0.3, 0.4) is 0 Å². The van der Waals surface area contributed by atoms with Crippen LogP contribution in [-0.4, -0.2) is 28.4 Å². The smallest absolute Gasteiger partial charge is 0.309 e. The molecular formula is C34H32BNO2. The lowest BCUT2D eigenvalue weighted by Gasteiger charge is -2.37. The molecule has 0 radical (unpaired) electrons. The minimum absolute atomic E-state index is 0.427. The van der Waals surface area contributed by atoms with Gasteiger partial charge in [-0.05, 0) is 73.9 Å². The average Bonchev–Trinajstić information content (AvgIpc) is 3.26. The summed E-state index contributed by atoms with van der Waals surface area (Å²) in [5.41, 5.74) is 5.35. The maximum absolute atomic E-state index is 10.5. The number of benzene rings is 5. The summed E-state index contributed by atoms with van der Waals surface area (Å²) < 4.78 is 8.58. The Morgan fingerprint density at radius 2 is 1.32 bits per heavy atom. The van der Waals surface area contributed by atoms with Crippen LogP contribution in [-0.2, 0) is 4.65 Å². The second-order valence-corrected chi connectivity index (χ2v) is 11.1. The largest absolute Gasteiger partial charge is 0.427 e. The van der Waals surface area contributed by atoms with Gasteiger partial charge in [0.25, 0.3) is 0 Å². The molecule has 0 saturated carbocycles. The highest BCUT2D eigenvalue weighted by molar-refractivity contribution is 6.48. The van der Waals surface area contributed by atoms with Crippen molar-refractivity contribution in [2.24, 2.45) is 0 Å². The van der Waals surface area contributed by atoms with Gasteiger partial charge in [0.15, 0.2) is 0 Å². The summed E-state index contributed by atoms with van der Waals surface area (Å²) in [5.74, 6) is 0. The normalized spacial score (nSPS) is 12.4. The lowest BCUT2D eigenvalue weighted by atomic mass is 9.82. The van der Waals surface area contributed by atoms with E-state index >= 15 is 0 Å². The molecule has 0 spiro atoms. The van der Waals surface area contributed by atoms with Crippen molar-refractivity contribution in [2.75, 3.05) is 0 Å². The first-order chi connectivity index (χ1) is 18.2. The Morgan fingerprint density at radius 3 is 2.05 bits per heavy atom. The van der Waals surface area contributed by atoms with Crippen molar-refractivity contribution in [2.45, 2.75) is 38.9 Å². The Morgan fingerprint density at radius 1 is 0.658 bits per heavy atom. The third kappa shape index (κ3) is 4.20. The second kappa shape index (κ2) is 9.16. The summed E-state index contributed by atoms with van der Waals surface area (Å²) in [5, 5.41) is 15.5. The van der Waals surface area contributed by atoms with Crippen LogP contribution in [0, 0.1) is 0 Å². The van der Waals surface area contributed by atoms with E-state index in [2.05, 4.69) is 108 Å². The number of fused-ring (bicyclic) bond motifs is 5. The highest BCUT2D eigenvalue weighted by atomic mass is 16.5. The third-order valence-electron chi connectivity index (χ3n) is 8.02. The zero-order valence-electron chi connectivity index (χ0n) is 22.4. The van der Waals surface area contributed by atoms with Crippen LogP contribution < -0.4 is 5.46 Å². The van der Waals surface area contributed by atoms with Crippen molar-refractivity contribution in [3.8, 4) is 16.8 Å². The molecule has 3 nitrogen and oxygen atoms in total. The molecule has 0 atom stereocenters. The van der Waals surface area contributed by atoms with Crippen LogP contribution >= 0.6 is 0 Å². The van der Waals surface area contributed by atoms with Gasteiger partial charge in [0, 0.05) is 16.5 Å². The molecule has 0 aliphatic heterocycles. The van der Waals surface area contributed by atoms with E-state index in [4.69, 9.17) is 4.65 Å². The molecule has 188 valence electrons. The Hall–Kier alpha value is -3.86. The average molecular weight is 497 g/mol. The Labute approximate surface area is 224 Å². The molecule has 38 heavy (non-hydrogen) atoms. The summed E-state index contributed by atoms with van der Waals surface area (Å²) in [6.07, 6.45) is 0. The van der Waals surface area contributed by atoms with Gasteiger partial charge < -0.3 is 14.3 Å². The molecule has 0 unspecified atom stereocenters. The van der Waals surface area contributed by atoms with E-state index in [1.807, 2.05) is 19.9 Å². The van der Waals surface area contributed by atoms with E-state index in [1.54, 1.807) is 13.8 Å². The van der Waals surface area contributed by atoms with Crippen molar-refractivity contribution in [1.82, 2.24) is 4.57 Å². The fourth-order valence-electron chi connectivity index (χ4n) is 5.08. The molecule has 0 bridgehead atoms. The van der Waals surface area contributed by atoms with Crippen molar-refractivity contribution in [1.29, 1.82) is 0 Å². The lowest BCUT2D eigenvalue weighted by molar-refractivity contribution is -0.0893. The third-order valence-corrected chi connectivity index (χ3v) is 8.02. The second-order valence-electron chi connectivity index (χ2n) is 11.1. The van der Waals surface area contributed by atoms with Gasteiger partial charge in [-0.1, -0.05) is 90.4 Å². The number of hydrogen-bond acceptors (Lipinski definition) is 2. The van der Waals surface area contributed by atoms with Crippen LogP contribution in [0.15, 0.2) is 109 Å². The Balaban J connectivity index is 1.51. The molecule has 5 aromatic carbocycles. The van der Waals surface area contributed by atoms with E-state index in [0.29, 0.717) is 7.48 Å². The number of rotatable bonds is 6. The fraction of sp³-hybridized carbons (Fsp3) is 0.176. The minimum atomic E-state index is -0.949. The van der Waals surface area contributed by atoms with Gasteiger partial charge in [0.2, 0.25) is 0 Å². The van der Waals surface area contributed by atoms with Gasteiger partial charge >= 0.3 is 7.48 Å². The molecule has 1 aromatic heterocycles. The Bertz CT molecular complexity index is 1760. The predicted molar refractivity (Wildman–Crippen MR) is 162 cm³/mol. The van der Waals surface area contributed by atoms with Crippen molar-refractivity contribution >= 4 is 45.5 Å². The Kier molecular flexibility index (Phi) is 5.90. The SMILES string of the molecule is CC(C)(O)C(C)(C)OBc1ccc2c(c1)c1c3ccccc3ccc1n2-c1ccc(-c2ccccc2)cc1. The molecular weight excluding hydrogens is 465 g/mol. The molecule has 0 aliphatic carbocycles. The summed E-state index contributed by atoms with van der Waals surface area (Å²) >= 11 is 0. The minimum Gasteiger partial charge on any atom is -0.427 e. The zero-order valence-corrected chi connectivity index (χ0v) is 22.4. The fourth-order valence-corrected chi connectivity index (χ4v) is 5.08. The maximum atomic E-state index is 10.5. The molecule has 0 amide bonds. The number of aliphatic hydroxyl groups is 1. The lowest BCUT2D eigenvalue weighted by Crippen LogP contribution is -2.49. The van der Waals surface area contributed by atoms with E-state index in [-0.39, 0.29) is 0 Å². The molecule has 4 heteroatoms. The predicted octanol–water partition coefficient (Wildman–Crippen LogP) is 7.15. The molecule has 6 rings (SSSR count). The summed E-state index contributed by atoms with van der Waals surface area (Å²) in [6.45, 7) is 7.45. The highest BCUT2D eigenvalue weighted by Gasteiger charge is 2.35. The molecule has 0 aliphatic rings. The van der Waals surface area contributed by atoms with Crippen molar-refractivity contribution in [3.63, 3.8) is 0 Å². The molecule has 6 aromatic rings. The summed E-state index contributed by atoms with van der Waals surface area (Å²) in [6, 6.07) is 38.9. The van der Waals surface area contributed by atoms with Crippen LogP contribution in [0.1, 0.15) is 27.7 Å². The van der Waals surface area contributed by atoms with Gasteiger partial charge in [-0.25, -0.2) is 0 Å². The first kappa shape index (κ1) is 24.5. The number of aromatic nitrogens is 1. The first-order valence-corrected chi connectivity index (χ1v) is 13.2. The standard InChI is InChI=1S/C34H32BNO2/c1-33(2,37)34(3,4)38-35-26-17-21-30-29(22-26)32-28-13-9-8-12-25(28)16-20-31(32)36(30)27-18-14-24(15-19-27)23-10-6-5-7-11-23/h5-22,35,37H,1-4H3. The van der Waals surface area contributed by atoms with E-state index in [0.717, 1.165) is 16.7 Å². The molecule has 1 N–H and O–H groups in total. The summed E-state index contributed by atoms with van der Waals surface area (Å²) in [4.78, 5) is 0. The van der Waals surface area contributed by atoms with Crippen LogP contribution in [0.4, 0.5) is 0 Å². The molecule has 1 heterocycles. The highest BCUT2D eigenvalue weighted by Crippen LogP contribution is 2.37. The van der Waals surface area contributed by atoms with E-state index in [9.17, 15) is 5.11 Å². The number of hydrogen-bond donors (Lipinski definition) is 1. The number of nitrogens with zero attached hydrogens (tertiary/aromatic N) is 1. The zero-order chi connectivity index (χ0) is 26.5. The van der Waals surface area contributed by atoms with Crippen LogP contribution in [0.2, 0.25) is 0 Å². The van der Waals surface area contributed by atoms with Crippen LogP contribution in [0.25, 0.3) is 49.4 Å². The van der Waals surface area contributed by atoms with E-state index < -0.39 is 11.2 Å². The summed E-state index contributed by atoms with van der Waals surface area (Å²) in [7, 11) is 0.427. The van der Waals surface area contributed by atoms with E-state index in [1.165, 1.54) is 38.2 Å². The van der Waals surface area contributed by atoms with Crippen molar-refractivity contribution in [3.05, 3.63) is 109 Å². The molecule has 0 saturated heterocycles. The first-order valence-electron chi connectivity index (χ1n) is 13.2. The van der Waals surface area contributed by atoms with Gasteiger partial charge in [-0.2, -0.15) is 0 Å². The van der Waals surface area contributed by atoms with Gasteiger partial charge in [-0.15, -0.1) is 0 Å². The van der Waals surface area contributed by atoms with Crippen LogP contribution in [0.5, 0.6) is 0 Å². The van der Waals surface area contributed by atoms with Gasteiger partial charge in [0.1, 0.15) is 0 Å². The topological polar surface area (TPSA) is 34.4 Å². The maximum Gasteiger partial charge on any atom is 0.309 e. The monoisotopic (exact) mass is 497 g/mol. The quantitative estimate of drug-likeness (QED) is 0.248. The molecule has 0 fully saturated rings. The van der Waals surface area contributed by atoms with Crippen molar-refractivity contribution < 1.29 is 9.76 Å². The van der Waals surface area contributed by atoms with Gasteiger partial charge in [0.05, 0.1) is 22.2 Å². The van der Waals surface area contributed by atoms with Gasteiger partial charge in [-0.3, -0.25) is 0 Å².